The topological polar surface area (TPSA) is 60.2 Å². The van der Waals surface area contributed by atoms with Crippen LogP contribution in [0.4, 0.5) is 11.6 Å². The lowest BCUT2D eigenvalue weighted by Gasteiger charge is -2.12. The SMILES string of the molecule is CCOc1cc(-c2ccoc2)cnc1Nc1cccc(C)n1. The summed E-state index contributed by atoms with van der Waals surface area (Å²) in [6.45, 7) is 4.45. The Labute approximate surface area is 129 Å². The Morgan fingerprint density at radius 2 is 2.14 bits per heavy atom. The Balaban J connectivity index is 1.93. The van der Waals surface area contributed by atoms with Crippen molar-refractivity contribution in [1.29, 1.82) is 0 Å². The van der Waals surface area contributed by atoms with Crippen molar-refractivity contribution in [2.75, 3.05) is 11.9 Å². The van der Waals surface area contributed by atoms with E-state index < -0.39 is 0 Å². The maximum absolute atomic E-state index is 5.69. The van der Waals surface area contributed by atoms with Crippen LogP contribution in [-0.4, -0.2) is 16.6 Å². The molecule has 0 unspecified atom stereocenters. The molecule has 0 saturated carbocycles. The lowest BCUT2D eigenvalue weighted by molar-refractivity contribution is 0.341. The summed E-state index contributed by atoms with van der Waals surface area (Å²) in [7, 11) is 0. The highest BCUT2D eigenvalue weighted by molar-refractivity contribution is 5.69. The minimum atomic E-state index is 0.562. The molecule has 5 nitrogen and oxygen atoms in total. The van der Waals surface area contributed by atoms with Crippen LogP contribution in [0.3, 0.4) is 0 Å². The summed E-state index contributed by atoms with van der Waals surface area (Å²) < 4.78 is 10.8. The second-order valence-corrected chi connectivity index (χ2v) is 4.80. The zero-order valence-corrected chi connectivity index (χ0v) is 12.5. The monoisotopic (exact) mass is 295 g/mol. The van der Waals surface area contributed by atoms with Crippen molar-refractivity contribution in [1.82, 2.24) is 9.97 Å². The number of nitrogens with zero attached hydrogens (tertiary/aromatic N) is 2. The molecule has 0 saturated heterocycles. The van der Waals surface area contributed by atoms with Gasteiger partial charge >= 0.3 is 0 Å². The molecule has 22 heavy (non-hydrogen) atoms. The third kappa shape index (κ3) is 3.09. The molecule has 1 N–H and O–H groups in total. The number of aryl methyl sites for hydroxylation is 1. The number of nitrogens with one attached hydrogen (secondary N) is 1. The summed E-state index contributed by atoms with van der Waals surface area (Å²) in [5.74, 6) is 2.07. The maximum atomic E-state index is 5.69. The average Bonchev–Trinajstić information content (AvgIpc) is 3.04. The van der Waals surface area contributed by atoms with Gasteiger partial charge in [0.15, 0.2) is 11.6 Å². The van der Waals surface area contributed by atoms with Crippen molar-refractivity contribution in [3.05, 3.63) is 54.7 Å². The third-order valence-corrected chi connectivity index (χ3v) is 3.14. The first-order chi connectivity index (χ1) is 10.8. The predicted molar refractivity (Wildman–Crippen MR) is 85.4 cm³/mol. The van der Waals surface area contributed by atoms with Gasteiger partial charge in [0.2, 0.25) is 0 Å². The maximum Gasteiger partial charge on any atom is 0.174 e. The number of ether oxygens (including phenoxy) is 1. The van der Waals surface area contributed by atoms with Crippen molar-refractivity contribution in [3.8, 4) is 16.9 Å². The summed E-state index contributed by atoms with van der Waals surface area (Å²) in [5.41, 5.74) is 2.85. The van der Waals surface area contributed by atoms with E-state index in [1.165, 1.54) is 0 Å². The van der Waals surface area contributed by atoms with Gasteiger partial charge in [-0.3, -0.25) is 0 Å². The van der Waals surface area contributed by atoms with E-state index in [4.69, 9.17) is 9.15 Å². The van der Waals surface area contributed by atoms with Crippen molar-refractivity contribution in [2.24, 2.45) is 0 Å². The van der Waals surface area contributed by atoms with Crippen molar-refractivity contribution < 1.29 is 9.15 Å². The van der Waals surface area contributed by atoms with Crippen LogP contribution in [0.1, 0.15) is 12.6 Å². The molecule has 0 amide bonds. The number of rotatable bonds is 5. The summed E-state index contributed by atoms with van der Waals surface area (Å²) in [4.78, 5) is 8.88. The summed E-state index contributed by atoms with van der Waals surface area (Å²) >= 11 is 0. The smallest absolute Gasteiger partial charge is 0.174 e. The number of pyridine rings is 2. The van der Waals surface area contributed by atoms with E-state index in [9.17, 15) is 0 Å². The van der Waals surface area contributed by atoms with Gasteiger partial charge in [-0.1, -0.05) is 6.07 Å². The van der Waals surface area contributed by atoms with Gasteiger partial charge in [0.25, 0.3) is 0 Å². The highest BCUT2D eigenvalue weighted by Crippen LogP contribution is 2.30. The van der Waals surface area contributed by atoms with Gasteiger partial charge < -0.3 is 14.5 Å². The summed E-state index contributed by atoms with van der Waals surface area (Å²) in [6, 6.07) is 9.63. The molecule has 112 valence electrons. The Hall–Kier alpha value is -2.82. The standard InChI is InChI=1S/C17H17N3O2/c1-3-22-15-9-14(13-7-8-21-11-13)10-18-17(15)20-16-6-4-5-12(2)19-16/h4-11H,3H2,1-2H3,(H,18,19,20). The summed E-state index contributed by atoms with van der Waals surface area (Å²) in [6.07, 6.45) is 5.10. The Morgan fingerprint density at radius 3 is 2.86 bits per heavy atom. The van der Waals surface area contributed by atoms with Crippen molar-refractivity contribution >= 4 is 11.6 Å². The van der Waals surface area contributed by atoms with Crippen molar-refractivity contribution in [2.45, 2.75) is 13.8 Å². The largest absolute Gasteiger partial charge is 0.490 e. The van der Waals surface area contributed by atoms with Crippen LogP contribution >= 0.6 is 0 Å². The normalized spacial score (nSPS) is 10.5. The molecule has 3 heterocycles. The van der Waals surface area contributed by atoms with E-state index in [0.29, 0.717) is 18.2 Å². The zero-order chi connectivity index (χ0) is 15.4. The minimum absolute atomic E-state index is 0.562. The van der Waals surface area contributed by atoms with E-state index >= 15 is 0 Å². The number of anilines is 2. The molecule has 0 aromatic carbocycles. The van der Waals surface area contributed by atoms with Crippen molar-refractivity contribution in [3.63, 3.8) is 0 Å². The minimum Gasteiger partial charge on any atom is -0.490 e. The zero-order valence-electron chi connectivity index (χ0n) is 12.5. The van der Waals surface area contributed by atoms with Crippen LogP contribution in [0.5, 0.6) is 5.75 Å². The van der Waals surface area contributed by atoms with Crippen LogP contribution in [-0.2, 0) is 0 Å². The van der Waals surface area contributed by atoms with Crippen LogP contribution in [0.2, 0.25) is 0 Å². The lowest BCUT2D eigenvalue weighted by atomic mass is 10.1. The Morgan fingerprint density at radius 1 is 1.23 bits per heavy atom. The number of hydrogen-bond acceptors (Lipinski definition) is 5. The van der Waals surface area contributed by atoms with Crippen LogP contribution in [0, 0.1) is 6.92 Å². The quantitative estimate of drug-likeness (QED) is 0.765. The van der Waals surface area contributed by atoms with E-state index in [2.05, 4.69) is 15.3 Å². The van der Waals surface area contributed by atoms with Gasteiger partial charge in [0.1, 0.15) is 5.82 Å². The second kappa shape index (κ2) is 6.30. The van der Waals surface area contributed by atoms with Gasteiger partial charge in [-0.15, -0.1) is 0 Å². The van der Waals surface area contributed by atoms with E-state index in [0.717, 1.165) is 22.6 Å². The van der Waals surface area contributed by atoms with Gasteiger partial charge in [-0.25, -0.2) is 9.97 Å². The first-order valence-electron chi connectivity index (χ1n) is 7.12. The molecule has 0 spiro atoms. The number of hydrogen-bond donors (Lipinski definition) is 1. The molecule has 0 atom stereocenters. The average molecular weight is 295 g/mol. The Kier molecular flexibility index (Phi) is 4.05. The molecule has 0 aliphatic carbocycles. The fourth-order valence-corrected chi connectivity index (χ4v) is 2.12. The highest BCUT2D eigenvalue weighted by atomic mass is 16.5. The van der Waals surface area contributed by atoms with Gasteiger partial charge in [0, 0.05) is 23.0 Å². The van der Waals surface area contributed by atoms with Crippen LogP contribution in [0.15, 0.2) is 53.5 Å². The molecule has 3 aromatic heterocycles. The molecular weight excluding hydrogens is 278 g/mol. The highest BCUT2D eigenvalue weighted by Gasteiger charge is 2.10. The Bertz CT molecular complexity index is 754. The first-order valence-corrected chi connectivity index (χ1v) is 7.12. The first kappa shape index (κ1) is 14.1. The second-order valence-electron chi connectivity index (χ2n) is 4.80. The predicted octanol–water partition coefficient (Wildman–Crippen LogP) is 4.19. The number of aromatic nitrogens is 2. The molecule has 0 aliphatic rings. The van der Waals surface area contributed by atoms with E-state index in [-0.39, 0.29) is 0 Å². The molecule has 0 aliphatic heterocycles. The molecule has 3 rings (SSSR count). The van der Waals surface area contributed by atoms with E-state index in [1.807, 2.05) is 44.2 Å². The molecule has 0 radical (unpaired) electrons. The van der Waals surface area contributed by atoms with Gasteiger partial charge in [-0.2, -0.15) is 0 Å². The molecule has 3 aromatic rings. The summed E-state index contributed by atoms with van der Waals surface area (Å²) in [5, 5.41) is 3.20. The molecule has 5 heteroatoms. The fraction of sp³-hybridized carbons (Fsp3) is 0.176. The lowest BCUT2D eigenvalue weighted by Crippen LogP contribution is -2.02. The van der Waals surface area contributed by atoms with Crippen LogP contribution in [0.25, 0.3) is 11.1 Å². The molecular formula is C17H17N3O2. The fourth-order valence-electron chi connectivity index (χ4n) is 2.12. The third-order valence-electron chi connectivity index (χ3n) is 3.14. The molecule has 0 fully saturated rings. The van der Waals surface area contributed by atoms with Crippen LogP contribution < -0.4 is 10.1 Å². The number of furan rings is 1. The van der Waals surface area contributed by atoms with Gasteiger partial charge in [-0.05, 0) is 38.1 Å². The van der Waals surface area contributed by atoms with E-state index in [1.54, 1.807) is 18.7 Å². The molecule has 0 bridgehead atoms. The van der Waals surface area contributed by atoms with Gasteiger partial charge in [0.05, 0.1) is 19.1 Å².